The van der Waals surface area contributed by atoms with Gasteiger partial charge in [-0.25, -0.2) is 9.97 Å². The Balaban J connectivity index is 1.14. The average molecular weight is 841 g/mol. The van der Waals surface area contributed by atoms with Crippen LogP contribution in [0.1, 0.15) is 11.1 Å². The summed E-state index contributed by atoms with van der Waals surface area (Å²) >= 11 is 0. The minimum Gasteiger partial charge on any atom is -0.456 e. The Morgan fingerprint density at radius 1 is 0.394 bits per heavy atom. The van der Waals surface area contributed by atoms with E-state index >= 15 is 0 Å². The van der Waals surface area contributed by atoms with Crippen molar-refractivity contribution in [1.29, 1.82) is 0 Å². The summed E-state index contributed by atoms with van der Waals surface area (Å²) in [6, 6.07) is 74.5. The van der Waals surface area contributed by atoms with Gasteiger partial charge in [-0.05, 0) is 87.8 Å². The lowest BCUT2D eigenvalue weighted by atomic mass is 9.90. The first-order valence-electron chi connectivity index (χ1n) is 22.6. The molecule has 0 spiro atoms. The van der Waals surface area contributed by atoms with Crippen LogP contribution in [-0.2, 0) is 6.42 Å². The lowest BCUT2D eigenvalue weighted by Gasteiger charge is -2.20. The average Bonchev–Trinajstić information content (AvgIpc) is 4.03. The van der Waals surface area contributed by atoms with Crippen LogP contribution in [0.3, 0.4) is 0 Å². The monoisotopic (exact) mass is 840 g/mol. The number of hydrogen-bond acceptors (Lipinski definition) is 3. The molecule has 0 atom stereocenters. The molecule has 66 heavy (non-hydrogen) atoms. The Bertz CT molecular complexity index is 4370. The zero-order valence-corrected chi connectivity index (χ0v) is 35.5. The van der Waals surface area contributed by atoms with Gasteiger partial charge in [0.2, 0.25) is 0 Å². The molecule has 5 nitrogen and oxygen atoms in total. The van der Waals surface area contributed by atoms with Crippen molar-refractivity contribution in [2.45, 2.75) is 6.42 Å². The summed E-state index contributed by atoms with van der Waals surface area (Å²) in [4.78, 5) is 11.8. The SMILES string of the molecule is c1ccc(-n2c3ccccc3c3c(-c4nc(-c5cccc6ccccc56)c5c(n4)-c4c(ccc6oc7ccccc7c46)-n4c6cc(ccc6c6cc7ccccc7cc64)C5)cccc32)cc1. The molecule has 1 aliphatic heterocycles. The number of furan rings is 1. The van der Waals surface area contributed by atoms with Crippen molar-refractivity contribution in [3.8, 4) is 45.3 Å². The van der Waals surface area contributed by atoms with Gasteiger partial charge in [0.15, 0.2) is 5.82 Å². The minimum absolute atomic E-state index is 0.622. The lowest BCUT2D eigenvalue weighted by molar-refractivity contribution is 0.669. The van der Waals surface area contributed by atoms with Crippen LogP contribution >= 0.6 is 0 Å². The van der Waals surface area contributed by atoms with E-state index in [1.165, 1.54) is 32.5 Å². The van der Waals surface area contributed by atoms with Gasteiger partial charge < -0.3 is 13.6 Å². The molecule has 2 bridgehead atoms. The molecular weight excluding hydrogens is 805 g/mol. The quantitative estimate of drug-likeness (QED) is 0.178. The summed E-state index contributed by atoms with van der Waals surface area (Å²) in [6.45, 7) is 0. The largest absolute Gasteiger partial charge is 0.456 e. The highest BCUT2D eigenvalue weighted by Gasteiger charge is 2.30. The van der Waals surface area contributed by atoms with Crippen LogP contribution in [-0.4, -0.2) is 19.1 Å². The van der Waals surface area contributed by atoms with Gasteiger partial charge in [0.1, 0.15) is 11.2 Å². The first-order valence-corrected chi connectivity index (χ1v) is 22.6. The molecule has 0 unspecified atom stereocenters. The first-order chi connectivity index (χ1) is 32.7. The summed E-state index contributed by atoms with van der Waals surface area (Å²) in [6.07, 6.45) is 0.622. The van der Waals surface area contributed by atoms with E-state index < -0.39 is 0 Å². The molecule has 0 saturated heterocycles. The van der Waals surface area contributed by atoms with Gasteiger partial charge in [-0.15, -0.1) is 0 Å². The molecule has 306 valence electrons. The predicted octanol–water partition coefficient (Wildman–Crippen LogP) is 15.8. The molecule has 0 amide bonds. The highest BCUT2D eigenvalue weighted by molar-refractivity contribution is 6.19. The molecule has 0 N–H and O–H groups in total. The highest BCUT2D eigenvalue weighted by atomic mass is 16.3. The van der Waals surface area contributed by atoms with Crippen molar-refractivity contribution in [2.75, 3.05) is 0 Å². The van der Waals surface area contributed by atoms with Crippen molar-refractivity contribution < 1.29 is 4.42 Å². The van der Waals surface area contributed by atoms with E-state index in [1.807, 2.05) is 0 Å². The van der Waals surface area contributed by atoms with Gasteiger partial charge in [0.25, 0.3) is 0 Å². The molecular formula is C61H36N4O. The number of rotatable bonds is 3. The molecule has 0 saturated carbocycles. The summed E-state index contributed by atoms with van der Waals surface area (Å²) in [7, 11) is 0. The van der Waals surface area contributed by atoms with Gasteiger partial charge in [-0.3, -0.25) is 0 Å². The maximum Gasteiger partial charge on any atom is 0.161 e. The fraction of sp³-hybridized carbons (Fsp3) is 0.0164. The molecule has 10 aromatic carbocycles. The van der Waals surface area contributed by atoms with E-state index in [4.69, 9.17) is 14.4 Å². The second-order valence-corrected chi connectivity index (χ2v) is 17.6. The van der Waals surface area contributed by atoms with Crippen LogP contribution in [0.4, 0.5) is 0 Å². The van der Waals surface area contributed by atoms with Crippen molar-refractivity contribution >= 4 is 87.1 Å². The zero-order valence-electron chi connectivity index (χ0n) is 35.5. The maximum absolute atomic E-state index is 6.77. The van der Waals surface area contributed by atoms with E-state index in [9.17, 15) is 0 Å². The van der Waals surface area contributed by atoms with Crippen LogP contribution in [0.5, 0.6) is 0 Å². The van der Waals surface area contributed by atoms with Crippen LogP contribution in [0.15, 0.2) is 211 Å². The van der Waals surface area contributed by atoms with Gasteiger partial charge in [-0.2, -0.15) is 0 Å². The van der Waals surface area contributed by atoms with Crippen molar-refractivity contribution in [2.24, 2.45) is 0 Å². The van der Waals surface area contributed by atoms with Crippen molar-refractivity contribution in [3.05, 3.63) is 217 Å². The van der Waals surface area contributed by atoms with Gasteiger partial charge in [-0.1, -0.05) is 146 Å². The number of benzene rings is 10. The van der Waals surface area contributed by atoms with Gasteiger partial charge in [0, 0.05) is 66.7 Å². The maximum atomic E-state index is 6.77. The summed E-state index contributed by atoms with van der Waals surface area (Å²) in [5.41, 5.74) is 15.6. The summed E-state index contributed by atoms with van der Waals surface area (Å²) < 4.78 is 11.6. The lowest BCUT2D eigenvalue weighted by Crippen LogP contribution is -2.06. The van der Waals surface area contributed by atoms with Crippen LogP contribution in [0, 0.1) is 0 Å². The number of para-hydroxylation sites is 3. The van der Waals surface area contributed by atoms with Gasteiger partial charge >= 0.3 is 0 Å². The molecule has 5 heterocycles. The van der Waals surface area contributed by atoms with E-state index in [2.05, 4.69) is 215 Å². The standard InChI is InChI=1S/C61H36N4O/c1-2-18-40(19-3-1)64-49-25-10-8-21-44(49)56-46(24-13-26-50(56)64)61-62-59(43-23-12-17-37-14-6-7-20-41(37)43)48-32-36-28-29-42-47-34-38-15-4-5-16-39(38)35-53(47)65(52(42)33-36)51-30-31-55-57(58(51)60(48)63-61)45-22-9-11-27-54(45)66-55/h1-31,33-35H,32H2. The Morgan fingerprint density at radius 2 is 1.08 bits per heavy atom. The third-order valence-electron chi connectivity index (χ3n) is 14.1. The minimum atomic E-state index is 0.622. The van der Waals surface area contributed by atoms with Crippen LogP contribution in [0.2, 0.25) is 0 Å². The molecule has 14 aromatic rings. The predicted molar refractivity (Wildman–Crippen MR) is 272 cm³/mol. The Hall–Kier alpha value is -8.80. The Morgan fingerprint density at radius 3 is 1.97 bits per heavy atom. The fourth-order valence-corrected chi connectivity index (χ4v) is 11.2. The third kappa shape index (κ3) is 4.94. The van der Waals surface area contributed by atoms with E-state index in [1.54, 1.807) is 0 Å². The van der Waals surface area contributed by atoms with E-state index in [-0.39, 0.29) is 0 Å². The molecule has 15 rings (SSSR count). The van der Waals surface area contributed by atoms with E-state index in [0.717, 1.165) is 105 Å². The number of hydrogen-bond donors (Lipinski definition) is 0. The Kier molecular flexibility index (Phi) is 7.22. The van der Waals surface area contributed by atoms with Crippen molar-refractivity contribution in [1.82, 2.24) is 19.1 Å². The molecule has 4 aromatic heterocycles. The van der Waals surface area contributed by atoms with Crippen LogP contribution < -0.4 is 0 Å². The summed E-state index contributed by atoms with van der Waals surface area (Å²) in [5.74, 6) is 0.675. The first kappa shape index (κ1) is 35.6. The molecule has 0 fully saturated rings. The smallest absolute Gasteiger partial charge is 0.161 e. The topological polar surface area (TPSA) is 48.8 Å². The Labute approximate surface area is 378 Å². The zero-order chi connectivity index (χ0) is 43.0. The van der Waals surface area contributed by atoms with E-state index in [0.29, 0.717) is 12.2 Å². The molecule has 0 radical (unpaired) electrons. The second kappa shape index (κ2) is 13.4. The number of fused-ring (bicyclic) bond motifs is 17. The van der Waals surface area contributed by atoms with Gasteiger partial charge in [0.05, 0.1) is 39.1 Å². The fourth-order valence-electron chi connectivity index (χ4n) is 11.2. The van der Waals surface area contributed by atoms with Crippen molar-refractivity contribution in [3.63, 3.8) is 0 Å². The molecule has 5 heteroatoms. The summed E-state index contributed by atoms with van der Waals surface area (Å²) in [5, 5.41) is 11.6. The van der Waals surface area contributed by atoms with Crippen LogP contribution in [0.25, 0.3) is 132 Å². The number of nitrogens with zero attached hydrogens (tertiary/aromatic N) is 4. The molecule has 1 aliphatic rings. The normalized spacial score (nSPS) is 12.5. The number of aromatic nitrogens is 4. The highest BCUT2D eigenvalue weighted by Crippen LogP contribution is 2.49. The third-order valence-corrected chi connectivity index (χ3v) is 14.1. The molecule has 0 aliphatic carbocycles. The second-order valence-electron chi connectivity index (χ2n) is 17.6.